The van der Waals surface area contributed by atoms with Crippen LogP contribution in [-0.4, -0.2) is 27.7 Å². The molecule has 6 heteroatoms. The first-order valence-corrected chi connectivity index (χ1v) is 10.2. The van der Waals surface area contributed by atoms with Crippen molar-refractivity contribution in [3.8, 4) is 11.4 Å². The zero-order valence-electron chi connectivity index (χ0n) is 16.2. The van der Waals surface area contributed by atoms with Crippen LogP contribution in [0, 0.1) is 6.92 Å². The molecule has 0 amide bonds. The Kier molecular flexibility index (Phi) is 4.96. The van der Waals surface area contributed by atoms with Crippen LogP contribution in [-0.2, 0) is 0 Å². The number of aryl methyl sites for hydroxylation is 1. The van der Waals surface area contributed by atoms with Crippen LogP contribution in [0.3, 0.4) is 0 Å². The van der Waals surface area contributed by atoms with Gasteiger partial charge in [0.1, 0.15) is 0 Å². The van der Waals surface area contributed by atoms with Gasteiger partial charge in [0.2, 0.25) is 4.96 Å². The van der Waals surface area contributed by atoms with Gasteiger partial charge in [-0.25, -0.2) is 0 Å². The lowest BCUT2D eigenvalue weighted by Crippen LogP contribution is -2.23. The van der Waals surface area contributed by atoms with Crippen molar-refractivity contribution >= 4 is 28.1 Å². The number of hydrogen-bond donors (Lipinski definition) is 0. The van der Waals surface area contributed by atoms with E-state index in [2.05, 4.69) is 41.0 Å². The van der Waals surface area contributed by atoms with E-state index in [0.29, 0.717) is 15.3 Å². The van der Waals surface area contributed by atoms with Crippen LogP contribution in [0.4, 0.5) is 5.69 Å². The summed E-state index contributed by atoms with van der Waals surface area (Å²) in [5.41, 5.74) is 4.12. The van der Waals surface area contributed by atoms with Crippen molar-refractivity contribution in [2.75, 3.05) is 18.0 Å². The first kappa shape index (κ1) is 18.4. The second-order valence-corrected chi connectivity index (χ2v) is 7.69. The Morgan fingerprint density at radius 1 is 1.11 bits per heavy atom. The van der Waals surface area contributed by atoms with Crippen LogP contribution in [0.1, 0.15) is 25.0 Å². The Labute approximate surface area is 167 Å². The average Bonchev–Trinajstić information content (AvgIpc) is 3.24. The number of hydrogen-bond acceptors (Lipinski definition) is 5. The summed E-state index contributed by atoms with van der Waals surface area (Å²) >= 11 is 1.37. The zero-order chi connectivity index (χ0) is 19.7. The molecular weight excluding hydrogens is 368 g/mol. The topological polar surface area (TPSA) is 50.5 Å². The van der Waals surface area contributed by atoms with Crippen molar-refractivity contribution in [2.24, 2.45) is 0 Å². The maximum Gasteiger partial charge on any atom is 0.291 e. The molecule has 0 radical (unpaired) electrons. The zero-order valence-corrected chi connectivity index (χ0v) is 17.0. The van der Waals surface area contributed by atoms with Gasteiger partial charge in [-0.05, 0) is 50.6 Å². The molecule has 0 fully saturated rings. The van der Waals surface area contributed by atoms with E-state index >= 15 is 0 Å². The van der Waals surface area contributed by atoms with E-state index in [4.69, 9.17) is 0 Å². The number of fused-ring (bicyclic) bond motifs is 1. The van der Waals surface area contributed by atoms with E-state index in [1.807, 2.05) is 49.4 Å². The molecule has 0 saturated carbocycles. The predicted octanol–water partition coefficient (Wildman–Crippen LogP) is 3.52. The van der Waals surface area contributed by atoms with Crippen molar-refractivity contribution in [1.82, 2.24) is 14.6 Å². The number of benzene rings is 2. The van der Waals surface area contributed by atoms with Crippen molar-refractivity contribution in [3.05, 3.63) is 74.5 Å². The normalized spacial score (nSPS) is 12.0. The van der Waals surface area contributed by atoms with E-state index in [0.717, 1.165) is 29.8 Å². The highest BCUT2D eigenvalue weighted by Gasteiger charge is 2.12. The Bertz CT molecular complexity index is 1220. The number of rotatable bonds is 5. The lowest BCUT2D eigenvalue weighted by molar-refractivity contribution is 0.866. The molecule has 0 aliphatic rings. The quantitative estimate of drug-likeness (QED) is 0.523. The minimum Gasteiger partial charge on any atom is -0.372 e. The van der Waals surface area contributed by atoms with Crippen molar-refractivity contribution < 1.29 is 0 Å². The lowest BCUT2D eigenvalue weighted by atomic mass is 10.1. The van der Waals surface area contributed by atoms with Crippen LogP contribution >= 0.6 is 11.3 Å². The van der Waals surface area contributed by atoms with Gasteiger partial charge in [0.25, 0.3) is 5.56 Å². The molecule has 2 aromatic carbocycles. The molecule has 142 valence electrons. The van der Waals surface area contributed by atoms with E-state index in [1.165, 1.54) is 21.5 Å². The fraction of sp³-hybridized carbons (Fsp3) is 0.227. The summed E-state index contributed by atoms with van der Waals surface area (Å²) in [6.07, 6.45) is 1.90. The van der Waals surface area contributed by atoms with Gasteiger partial charge >= 0.3 is 0 Å². The minimum absolute atomic E-state index is 0.126. The summed E-state index contributed by atoms with van der Waals surface area (Å²) in [4.78, 5) is 20.2. The Morgan fingerprint density at radius 2 is 1.86 bits per heavy atom. The fourth-order valence-corrected chi connectivity index (χ4v) is 4.17. The molecular formula is C22H22N4OS. The van der Waals surface area contributed by atoms with Gasteiger partial charge in [-0.15, -0.1) is 5.10 Å². The monoisotopic (exact) mass is 390 g/mol. The number of nitrogens with zero attached hydrogens (tertiary/aromatic N) is 4. The fourth-order valence-electron chi connectivity index (χ4n) is 3.26. The van der Waals surface area contributed by atoms with Gasteiger partial charge in [0.05, 0.1) is 4.53 Å². The molecule has 4 rings (SSSR count). The third-order valence-corrected chi connectivity index (χ3v) is 5.74. The first-order chi connectivity index (χ1) is 13.6. The summed E-state index contributed by atoms with van der Waals surface area (Å²) in [7, 11) is 0. The molecule has 0 bridgehead atoms. The van der Waals surface area contributed by atoms with Crippen LogP contribution in [0.15, 0.2) is 53.3 Å². The first-order valence-electron chi connectivity index (χ1n) is 9.42. The predicted molar refractivity (Wildman–Crippen MR) is 116 cm³/mol. The number of anilines is 1. The van der Waals surface area contributed by atoms with Crippen LogP contribution in [0.5, 0.6) is 0 Å². The van der Waals surface area contributed by atoms with Crippen molar-refractivity contribution in [1.29, 1.82) is 0 Å². The molecule has 28 heavy (non-hydrogen) atoms. The standard InChI is InChI=1S/C22H22N4OS/c1-4-25(5-2)18-11-9-16(10-12-18)14-19-21(27)26-22(28-19)23-20(24-26)17-8-6-7-15(3)13-17/h6-14H,4-5H2,1-3H3. The smallest absolute Gasteiger partial charge is 0.291 e. The summed E-state index contributed by atoms with van der Waals surface area (Å²) in [5.74, 6) is 0.585. The Hall–Kier alpha value is -2.99. The average molecular weight is 391 g/mol. The molecule has 0 aliphatic carbocycles. The molecule has 0 N–H and O–H groups in total. The van der Waals surface area contributed by atoms with Crippen molar-refractivity contribution in [3.63, 3.8) is 0 Å². The van der Waals surface area contributed by atoms with E-state index < -0.39 is 0 Å². The molecule has 0 saturated heterocycles. The molecule has 2 heterocycles. The Morgan fingerprint density at radius 3 is 2.50 bits per heavy atom. The third kappa shape index (κ3) is 3.43. The molecule has 5 nitrogen and oxygen atoms in total. The lowest BCUT2D eigenvalue weighted by Gasteiger charge is -2.20. The molecule has 0 unspecified atom stereocenters. The summed E-state index contributed by atoms with van der Waals surface area (Å²) < 4.78 is 2.04. The molecule has 0 spiro atoms. The van der Waals surface area contributed by atoms with Gasteiger partial charge in [0, 0.05) is 24.3 Å². The highest BCUT2D eigenvalue weighted by molar-refractivity contribution is 7.15. The van der Waals surface area contributed by atoms with Crippen molar-refractivity contribution in [2.45, 2.75) is 20.8 Å². The molecule has 4 aromatic rings. The second kappa shape index (κ2) is 7.56. The van der Waals surface area contributed by atoms with E-state index in [-0.39, 0.29) is 5.56 Å². The summed E-state index contributed by atoms with van der Waals surface area (Å²) in [6, 6.07) is 16.3. The van der Waals surface area contributed by atoms with Crippen LogP contribution in [0.25, 0.3) is 22.4 Å². The second-order valence-electron chi connectivity index (χ2n) is 6.68. The van der Waals surface area contributed by atoms with Gasteiger partial charge in [0.15, 0.2) is 5.82 Å². The third-order valence-electron chi connectivity index (χ3n) is 4.78. The van der Waals surface area contributed by atoms with E-state index in [1.54, 1.807) is 0 Å². The van der Waals surface area contributed by atoms with Crippen LogP contribution < -0.4 is 15.0 Å². The Balaban J connectivity index is 1.69. The maximum atomic E-state index is 12.7. The van der Waals surface area contributed by atoms with E-state index in [9.17, 15) is 4.79 Å². The van der Waals surface area contributed by atoms with Gasteiger partial charge in [-0.1, -0.05) is 47.2 Å². The largest absolute Gasteiger partial charge is 0.372 e. The van der Waals surface area contributed by atoms with Crippen LogP contribution in [0.2, 0.25) is 0 Å². The minimum atomic E-state index is -0.126. The SMILES string of the molecule is CCN(CC)c1ccc(C=c2sc3nc(-c4cccc(C)c4)nn3c2=O)cc1. The highest BCUT2D eigenvalue weighted by atomic mass is 32.1. The number of aromatic nitrogens is 3. The van der Waals surface area contributed by atoms with Gasteiger partial charge in [-0.3, -0.25) is 4.79 Å². The summed E-state index contributed by atoms with van der Waals surface area (Å²) in [6.45, 7) is 8.27. The molecule has 0 aliphatic heterocycles. The van der Waals surface area contributed by atoms with Gasteiger partial charge in [-0.2, -0.15) is 9.50 Å². The maximum absolute atomic E-state index is 12.7. The molecule has 2 aromatic heterocycles. The molecule has 0 atom stereocenters. The summed E-state index contributed by atoms with van der Waals surface area (Å²) in [5, 5.41) is 4.42. The van der Waals surface area contributed by atoms with Gasteiger partial charge < -0.3 is 4.90 Å². The highest BCUT2D eigenvalue weighted by Crippen LogP contribution is 2.18. The number of thiazole rings is 1.